The number of carbonyl (C=O) groups is 1. The second kappa shape index (κ2) is 7.42. The van der Waals surface area contributed by atoms with E-state index in [1.165, 1.54) is 0 Å². The molecule has 0 saturated carbocycles. The number of carbonyl (C=O) groups excluding carboxylic acids is 1. The molecule has 0 spiro atoms. The Kier molecular flexibility index (Phi) is 5.81. The number of nitrogens with zero attached hydrogens (tertiary/aromatic N) is 2. The highest BCUT2D eigenvalue weighted by Crippen LogP contribution is 2.20. The van der Waals surface area contributed by atoms with E-state index in [0.29, 0.717) is 5.92 Å². The molecule has 1 aliphatic rings. The molecule has 1 saturated heterocycles. The smallest absolute Gasteiger partial charge is 0.410 e. The maximum atomic E-state index is 12.2. The minimum Gasteiger partial charge on any atom is -0.444 e. The lowest BCUT2D eigenvalue weighted by molar-refractivity contribution is 0.0165. The summed E-state index contributed by atoms with van der Waals surface area (Å²) in [6.45, 7) is 10.3. The van der Waals surface area contributed by atoms with E-state index in [-0.39, 0.29) is 12.1 Å². The molecule has 5 nitrogen and oxygen atoms in total. The molecule has 1 aromatic rings. The van der Waals surface area contributed by atoms with E-state index in [9.17, 15) is 4.79 Å². The molecular formula is C16H27N3O2S. The van der Waals surface area contributed by atoms with E-state index >= 15 is 0 Å². The molecule has 0 aromatic carbocycles. The summed E-state index contributed by atoms with van der Waals surface area (Å²) in [5.41, 5.74) is -0.429. The Balaban J connectivity index is 1.79. The Hall–Kier alpha value is -1.14. The lowest BCUT2D eigenvalue weighted by Crippen LogP contribution is -2.45. The fraction of sp³-hybridized carbons (Fsp3) is 0.750. The van der Waals surface area contributed by atoms with E-state index in [0.717, 1.165) is 37.5 Å². The van der Waals surface area contributed by atoms with Crippen molar-refractivity contribution in [2.24, 2.45) is 5.92 Å². The highest BCUT2D eigenvalue weighted by molar-refractivity contribution is 7.09. The van der Waals surface area contributed by atoms with E-state index in [1.807, 2.05) is 37.2 Å². The number of amides is 1. The zero-order valence-corrected chi connectivity index (χ0v) is 14.8. The quantitative estimate of drug-likeness (QED) is 0.921. The van der Waals surface area contributed by atoms with Gasteiger partial charge in [-0.1, -0.05) is 0 Å². The third-order valence-electron chi connectivity index (χ3n) is 3.71. The molecule has 2 heterocycles. The molecule has 0 radical (unpaired) electrons. The van der Waals surface area contributed by atoms with E-state index < -0.39 is 5.60 Å². The van der Waals surface area contributed by atoms with Gasteiger partial charge < -0.3 is 15.0 Å². The van der Waals surface area contributed by atoms with Crippen LogP contribution in [-0.4, -0.2) is 41.2 Å². The van der Waals surface area contributed by atoms with Crippen molar-refractivity contribution in [1.82, 2.24) is 15.2 Å². The summed E-state index contributed by atoms with van der Waals surface area (Å²) in [5, 5.41) is 6.64. The van der Waals surface area contributed by atoms with Crippen LogP contribution in [0.1, 0.15) is 51.6 Å². The molecule has 1 fully saturated rings. The third-order valence-corrected chi connectivity index (χ3v) is 4.66. The lowest BCUT2D eigenvalue weighted by atomic mass is 9.98. The van der Waals surface area contributed by atoms with Gasteiger partial charge in [0.05, 0.1) is 6.04 Å². The molecular weight excluding hydrogens is 298 g/mol. The summed E-state index contributed by atoms with van der Waals surface area (Å²) < 4.78 is 5.47. The van der Waals surface area contributed by atoms with Crippen LogP contribution < -0.4 is 5.32 Å². The normalized spacial score (nSPS) is 20.7. The Labute approximate surface area is 137 Å². The fourth-order valence-corrected chi connectivity index (χ4v) is 3.27. The molecule has 2 atom stereocenters. The summed E-state index contributed by atoms with van der Waals surface area (Å²) in [6, 6.07) is 0.261. The van der Waals surface area contributed by atoms with Gasteiger partial charge in [0, 0.05) is 31.2 Å². The predicted molar refractivity (Wildman–Crippen MR) is 89.1 cm³/mol. The third kappa shape index (κ3) is 5.25. The van der Waals surface area contributed by atoms with Crippen LogP contribution >= 0.6 is 11.3 Å². The van der Waals surface area contributed by atoms with Gasteiger partial charge in [-0.15, -0.1) is 11.3 Å². The van der Waals surface area contributed by atoms with Crippen LogP contribution in [0.5, 0.6) is 0 Å². The summed E-state index contributed by atoms with van der Waals surface area (Å²) in [5.74, 6) is 0.476. The van der Waals surface area contributed by atoms with Crippen molar-refractivity contribution in [2.45, 2.75) is 52.2 Å². The number of aromatic nitrogens is 1. The SMILES string of the molecule is C[C@H](NC[C@@H]1CCCN(C(=O)OC(C)(C)C)C1)c1nccs1. The summed E-state index contributed by atoms with van der Waals surface area (Å²) in [6.07, 6.45) is 3.84. The minimum atomic E-state index is -0.429. The first kappa shape index (κ1) is 17.2. The monoisotopic (exact) mass is 325 g/mol. The number of ether oxygens (including phenoxy) is 1. The molecule has 0 unspecified atom stereocenters. The van der Waals surface area contributed by atoms with Crippen LogP contribution in [0.4, 0.5) is 4.79 Å². The predicted octanol–water partition coefficient (Wildman–Crippen LogP) is 3.44. The average Bonchev–Trinajstić information content (AvgIpc) is 2.97. The Morgan fingerprint density at radius 2 is 2.36 bits per heavy atom. The number of likely N-dealkylation sites (tertiary alicyclic amines) is 1. The number of piperidine rings is 1. The van der Waals surface area contributed by atoms with Crippen LogP contribution in [0.2, 0.25) is 0 Å². The van der Waals surface area contributed by atoms with Crippen LogP contribution in [-0.2, 0) is 4.74 Å². The van der Waals surface area contributed by atoms with Gasteiger partial charge in [0.15, 0.2) is 0 Å². The number of rotatable bonds is 4. The molecule has 1 amide bonds. The van der Waals surface area contributed by atoms with Crippen molar-refractivity contribution < 1.29 is 9.53 Å². The average molecular weight is 325 g/mol. The van der Waals surface area contributed by atoms with E-state index in [2.05, 4.69) is 17.2 Å². The highest BCUT2D eigenvalue weighted by atomic mass is 32.1. The summed E-state index contributed by atoms with van der Waals surface area (Å²) >= 11 is 1.67. The van der Waals surface area contributed by atoms with Crippen LogP contribution in [0.25, 0.3) is 0 Å². The van der Waals surface area contributed by atoms with E-state index in [4.69, 9.17) is 4.74 Å². The molecule has 1 aliphatic heterocycles. The Morgan fingerprint density at radius 3 is 3.00 bits per heavy atom. The molecule has 1 N–H and O–H groups in total. The molecule has 2 rings (SSSR count). The second-order valence-corrected chi connectivity index (χ2v) is 7.86. The fourth-order valence-electron chi connectivity index (χ4n) is 2.60. The number of hydrogen-bond donors (Lipinski definition) is 1. The highest BCUT2D eigenvalue weighted by Gasteiger charge is 2.27. The minimum absolute atomic E-state index is 0.190. The maximum absolute atomic E-state index is 12.2. The van der Waals surface area contributed by atoms with Gasteiger partial charge in [0.2, 0.25) is 0 Å². The summed E-state index contributed by atoms with van der Waals surface area (Å²) in [4.78, 5) is 18.3. The van der Waals surface area contributed by atoms with Gasteiger partial charge in [0.1, 0.15) is 10.6 Å². The second-order valence-electron chi connectivity index (χ2n) is 6.93. The van der Waals surface area contributed by atoms with Gasteiger partial charge in [-0.2, -0.15) is 0 Å². The first-order chi connectivity index (χ1) is 10.3. The molecule has 0 aliphatic carbocycles. The van der Waals surface area contributed by atoms with Crippen molar-refractivity contribution >= 4 is 17.4 Å². The maximum Gasteiger partial charge on any atom is 0.410 e. The zero-order chi connectivity index (χ0) is 16.2. The van der Waals surface area contributed by atoms with Crippen LogP contribution in [0, 0.1) is 5.92 Å². The Morgan fingerprint density at radius 1 is 1.59 bits per heavy atom. The van der Waals surface area contributed by atoms with Crippen molar-refractivity contribution in [3.8, 4) is 0 Å². The number of nitrogens with one attached hydrogen (secondary N) is 1. The van der Waals surface area contributed by atoms with Crippen molar-refractivity contribution in [3.63, 3.8) is 0 Å². The standard InChI is InChI=1S/C16H27N3O2S/c1-12(14-17-7-9-22-14)18-10-13-6-5-8-19(11-13)15(20)21-16(2,3)4/h7,9,12-13,18H,5-6,8,10-11H2,1-4H3/t12-,13-/m0/s1. The lowest BCUT2D eigenvalue weighted by Gasteiger charge is -2.34. The molecule has 0 bridgehead atoms. The number of thiazole rings is 1. The van der Waals surface area contributed by atoms with Gasteiger partial charge in [-0.3, -0.25) is 0 Å². The van der Waals surface area contributed by atoms with Gasteiger partial charge >= 0.3 is 6.09 Å². The largest absolute Gasteiger partial charge is 0.444 e. The molecule has 124 valence electrons. The van der Waals surface area contributed by atoms with Crippen molar-refractivity contribution in [2.75, 3.05) is 19.6 Å². The topological polar surface area (TPSA) is 54.5 Å². The summed E-state index contributed by atoms with van der Waals surface area (Å²) in [7, 11) is 0. The first-order valence-electron chi connectivity index (χ1n) is 7.96. The molecule has 22 heavy (non-hydrogen) atoms. The first-order valence-corrected chi connectivity index (χ1v) is 8.84. The van der Waals surface area contributed by atoms with Crippen molar-refractivity contribution in [3.05, 3.63) is 16.6 Å². The van der Waals surface area contributed by atoms with Crippen LogP contribution in [0.3, 0.4) is 0 Å². The zero-order valence-electron chi connectivity index (χ0n) is 14.0. The molecule has 6 heteroatoms. The number of hydrogen-bond acceptors (Lipinski definition) is 5. The Bertz CT molecular complexity index is 470. The van der Waals surface area contributed by atoms with Crippen LogP contribution in [0.15, 0.2) is 11.6 Å². The van der Waals surface area contributed by atoms with Crippen molar-refractivity contribution in [1.29, 1.82) is 0 Å². The van der Waals surface area contributed by atoms with Gasteiger partial charge in [-0.05, 0) is 46.5 Å². The van der Waals surface area contributed by atoms with E-state index in [1.54, 1.807) is 11.3 Å². The molecule has 1 aromatic heterocycles. The van der Waals surface area contributed by atoms with Gasteiger partial charge in [-0.25, -0.2) is 9.78 Å². The van der Waals surface area contributed by atoms with Gasteiger partial charge in [0.25, 0.3) is 0 Å².